The van der Waals surface area contributed by atoms with E-state index in [1.165, 1.54) is 21.2 Å². The Balaban J connectivity index is 1.41. The molecule has 33 heavy (non-hydrogen) atoms. The molecule has 5 aromatic rings. The highest BCUT2D eigenvalue weighted by Gasteiger charge is 2.25. The summed E-state index contributed by atoms with van der Waals surface area (Å²) >= 11 is 3.47. The van der Waals surface area contributed by atoms with Crippen molar-refractivity contribution in [1.29, 1.82) is 5.26 Å². The maximum Gasteiger partial charge on any atom is 0.101 e. The fourth-order valence-electron chi connectivity index (χ4n) is 4.02. The summed E-state index contributed by atoms with van der Waals surface area (Å²) in [5.74, 6) is 0. The molecule has 0 N–H and O–H groups in total. The van der Waals surface area contributed by atoms with Gasteiger partial charge < -0.3 is 0 Å². The Hall–Kier alpha value is -3.85. The van der Waals surface area contributed by atoms with Crippen LogP contribution in [0.4, 0.5) is 16.4 Å². The lowest BCUT2D eigenvalue weighted by Gasteiger charge is -2.31. The van der Waals surface area contributed by atoms with E-state index in [4.69, 9.17) is 0 Å². The molecule has 2 aromatic heterocycles. The average Bonchev–Trinajstić information content (AvgIpc) is 3.33. The molecule has 1 aliphatic heterocycles. The van der Waals surface area contributed by atoms with Gasteiger partial charge in [-0.3, -0.25) is 9.88 Å². The Kier molecular flexibility index (Phi) is 4.95. The van der Waals surface area contributed by atoms with Gasteiger partial charge >= 0.3 is 0 Å². The second kappa shape index (κ2) is 8.25. The third-order valence-electron chi connectivity index (χ3n) is 5.58. The number of fused-ring (bicyclic) bond motifs is 3. The highest BCUT2D eigenvalue weighted by Crippen LogP contribution is 2.52. The number of pyridine rings is 1. The maximum absolute atomic E-state index is 9.86. The van der Waals surface area contributed by atoms with Crippen LogP contribution in [0.3, 0.4) is 0 Å². The Labute approximate surface area is 200 Å². The van der Waals surface area contributed by atoms with Crippen molar-refractivity contribution in [3.05, 3.63) is 108 Å². The summed E-state index contributed by atoms with van der Waals surface area (Å²) in [4.78, 5) is 10.3. The topological polar surface area (TPSA) is 39.9 Å². The molecule has 0 unspecified atom stereocenters. The van der Waals surface area contributed by atoms with Gasteiger partial charge in [0.2, 0.25) is 0 Å². The van der Waals surface area contributed by atoms with Crippen LogP contribution >= 0.6 is 23.1 Å². The molecule has 0 radical (unpaired) electrons. The highest BCUT2D eigenvalue weighted by atomic mass is 32.2. The van der Waals surface area contributed by atoms with Crippen LogP contribution < -0.4 is 4.90 Å². The number of hydrogen-bond acceptors (Lipinski definition) is 5. The SMILES string of the molecule is N#C/C(=C\c1ccc(N2c3ccccc3Sc3ccccc32)s1)c1cc2ccccc2cn1. The quantitative estimate of drug-likeness (QED) is 0.250. The lowest BCUT2D eigenvalue weighted by molar-refractivity contribution is 1.18. The molecule has 3 nitrogen and oxygen atoms in total. The third-order valence-corrected chi connectivity index (χ3v) is 7.73. The molecule has 0 bridgehead atoms. The number of benzene rings is 3. The summed E-state index contributed by atoms with van der Waals surface area (Å²) in [5, 5.41) is 13.1. The fourth-order valence-corrected chi connectivity index (χ4v) is 6.05. The van der Waals surface area contributed by atoms with Crippen molar-refractivity contribution >= 4 is 61.9 Å². The molecule has 0 fully saturated rings. The van der Waals surface area contributed by atoms with E-state index in [9.17, 15) is 5.26 Å². The second-order valence-electron chi connectivity index (χ2n) is 7.64. The van der Waals surface area contributed by atoms with Gasteiger partial charge in [-0.15, -0.1) is 11.3 Å². The minimum atomic E-state index is 0.559. The van der Waals surface area contributed by atoms with Crippen molar-refractivity contribution in [1.82, 2.24) is 4.98 Å². The van der Waals surface area contributed by atoms with Crippen molar-refractivity contribution in [3.63, 3.8) is 0 Å². The Morgan fingerprint density at radius 1 is 0.818 bits per heavy atom. The molecule has 6 rings (SSSR count). The lowest BCUT2D eigenvalue weighted by Crippen LogP contribution is -2.13. The summed E-state index contributed by atoms with van der Waals surface area (Å²) < 4.78 is 0. The summed E-state index contributed by atoms with van der Waals surface area (Å²) in [6.07, 6.45) is 3.76. The number of hydrogen-bond donors (Lipinski definition) is 0. The van der Waals surface area contributed by atoms with Crippen molar-refractivity contribution < 1.29 is 0 Å². The first-order valence-corrected chi connectivity index (χ1v) is 12.2. The van der Waals surface area contributed by atoms with E-state index in [1.54, 1.807) is 23.1 Å². The van der Waals surface area contributed by atoms with Gasteiger partial charge in [-0.2, -0.15) is 5.26 Å². The van der Waals surface area contributed by atoms with Gasteiger partial charge in [0, 0.05) is 26.3 Å². The van der Waals surface area contributed by atoms with E-state index >= 15 is 0 Å². The number of rotatable bonds is 3. The Morgan fingerprint density at radius 2 is 1.48 bits per heavy atom. The Bertz CT molecular complexity index is 1530. The predicted octanol–water partition coefficient (Wildman–Crippen LogP) is 8.29. The standard InChI is InChI=1S/C28H17N3S2/c29-17-21(23-16-19-7-1-2-8-20(19)18-30-23)15-22-13-14-28(32-22)31-24-9-3-5-11-26(24)33-27-12-6-4-10-25(27)31/h1-16,18H/b21-15+. The summed E-state index contributed by atoms with van der Waals surface area (Å²) in [5.41, 5.74) is 3.60. The largest absolute Gasteiger partial charge is 0.300 e. The van der Waals surface area contributed by atoms with Crippen LogP contribution in [-0.4, -0.2) is 4.98 Å². The molecular weight excluding hydrogens is 442 g/mol. The van der Waals surface area contributed by atoms with E-state index in [0.29, 0.717) is 11.3 Å². The van der Waals surface area contributed by atoms with Gasteiger partial charge in [-0.05, 0) is 53.9 Å². The van der Waals surface area contributed by atoms with E-state index in [-0.39, 0.29) is 0 Å². The van der Waals surface area contributed by atoms with Crippen LogP contribution in [-0.2, 0) is 0 Å². The molecule has 0 spiro atoms. The van der Waals surface area contributed by atoms with Crippen molar-refractivity contribution in [3.8, 4) is 6.07 Å². The van der Waals surface area contributed by atoms with Crippen LogP contribution in [0.2, 0.25) is 0 Å². The van der Waals surface area contributed by atoms with Gasteiger partial charge in [0.1, 0.15) is 11.1 Å². The first-order chi connectivity index (χ1) is 16.3. The number of allylic oxidation sites excluding steroid dienone is 1. The lowest BCUT2D eigenvalue weighted by atomic mass is 10.1. The molecule has 0 amide bonds. The minimum Gasteiger partial charge on any atom is -0.300 e. The molecule has 1 aliphatic rings. The van der Waals surface area contributed by atoms with E-state index in [2.05, 4.69) is 76.6 Å². The Morgan fingerprint density at radius 3 is 2.21 bits per heavy atom. The molecule has 0 saturated heterocycles. The molecule has 0 saturated carbocycles. The maximum atomic E-state index is 9.86. The van der Waals surface area contributed by atoms with Crippen LogP contribution in [0.5, 0.6) is 0 Å². The number of anilines is 3. The van der Waals surface area contributed by atoms with Crippen LogP contribution in [0.1, 0.15) is 10.6 Å². The summed E-state index contributed by atoms with van der Waals surface area (Å²) in [7, 11) is 0. The molecule has 5 heteroatoms. The smallest absolute Gasteiger partial charge is 0.101 e. The normalized spacial score (nSPS) is 12.8. The molecular formula is C28H17N3S2. The van der Waals surface area contributed by atoms with Crippen molar-refractivity contribution in [2.24, 2.45) is 0 Å². The zero-order valence-corrected chi connectivity index (χ0v) is 19.1. The van der Waals surface area contributed by atoms with E-state index < -0.39 is 0 Å². The first kappa shape index (κ1) is 19.8. The van der Waals surface area contributed by atoms with Crippen molar-refractivity contribution in [2.75, 3.05) is 4.90 Å². The first-order valence-electron chi connectivity index (χ1n) is 10.5. The molecule has 156 valence electrons. The zero-order valence-electron chi connectivity index (χ0n) is 17.5. The van der Waals surface area contributed by atoms with Gasteiger partial charge in [-0.1, -0.05) is 60.3 Å². The number of nitrogens with zero attached hydrogens (tertiary/aromatic N) is 3. The molecule has 3 aromatic carbocycles. The van der Waals surface area contributed by atoms with Gasteiger partial charge in [0.25, 0.3) is 0 Å². The minimum absolute atomic E-state index is 0.559. The molecule has 3 heterocycles. The van der Waals surface area contributed by atoms with Crippen LogP contribution in [0, 0.1) is 11.3 Å². The number of thiophene rings is 1. The van der Waals surface area contributed by atoms with Gasteiger partial charge in [-0.25, -0.2) is 0 Å². The average molecular weight is 460 g/mol. The van der Waals surface area contributed by atoms with Gasteiger partial charge in [0.15, 0.2) is 0 Å². The fraction of sp³-hybridized carbons (Fsp3) is 0. The summed E-state index contributed by atoms with van der Waals surface area (Å²) in [6.45, 7) is 0. The van der Waals surface area contributed by atoms with Crippen LogP contribution in [0.25, 0.3) is 22.4 Å². The molecule has 0 atom stereocenters. The second-order valence-corrected chi connectivity index (χ2v) is 9.81. The highest BCUT2D eigenvalue weighted by molar-refractivity contribution is 7.99. The molecule has 0 aliphatic carbocycles. The number of aromatic nitrogens is 1. The zero-order chi connectivity index (χ0) is 22.2. The van der Waals surface area contributed by atoms with Gasteiger partial charge in [0.05, 0.1) is 22.6 Å². The third kappa shape index (κ3) is 3.60. The predicted molar refractivity (Wildman–Crippen MR) is 138 cm³/mol. The number of para-hydroxylation sites is 2. The number of nitriles is 1. The van der Waals surface area contributed by atoms with Crippen LogP contribution in [0.15, 0.2) is 107 Å². The van der Waals surface area contributed by atoms with E-state index in [1.807, 2.05) is 42.6 Å². The van der Waals surface area contributed by atoms with E-state index in [0.717, 1.165) is 20.7 Å². The summed E-state index contributed by atoms with van der Waals surface area (Å²) in [6, 6.07) is 33.5. The monoisotopic (exact) mass is 459 g/mol. The van der Waals surface area contributed by atoms with Crippen molar-refractivity contribution in [2.45, 2.75) is 9.79 Å².